The molecular formula is C27H34N4O4. The molecule has 2 aliphatic heterocycles. The number of ether oxygens (including phenoxy) is 1. The molecule has 0 aliphatic carbocycles. The number of carbonyl (C=O) groups excluding carboxylic acids is 3. The number of pyridine rings is 1. The minimum atomic E-state index is -0.928. The highest BCUT2D eigenvalue weighted by Crippen LogP contribution is 2.39. The number of hydrogen-bond acceptors (Lipinski definition) is 5. The zero-order valence-electron chi connectivity index (χ0n) is 20.9. The lowest BCUT2D eigenvalue weighted by Crippen LogP contribution is -2.60. The fourth-order valence-electron chi connectivity index (χ4n) is 4.82. The topological polar surface area (TPSA) is 91.8 Å². The Hall–Kier alpha value is -3.26. The second-order valence-electron chi connectivity index (χ2n) is 10.4. The van der Waals surface area contributed by atoms with E-state index in [1.807, 2.05) is 69.0 Å². The van der Waals surface area contributed by atoms with Gasteiger partial charge in [-0.2, -0.15) is 0 Å². The lowest BCUT2D eigenvalue weighted by atomic mass is 9.91. The molecule has 0 radical (unpaired) electrons. The summed E-state index contributed by atoms with van der Waals surface area (Å²) >= 11 is 0. The van der Waals surface area contributed by atoms with Gasteiger partial charge in [-0.15, -0.1) is 0 Å². The van der Waals surface area contributed by atoms with Crippen LogP contribution in [0, 0.1) is 12.3 Å². The molecule has 3 heterocycles. The Balaban J connectivity index is 1.57. The van der Waals surface area contributed by atoms with Crippen LogP contribution >= 0.6 is 0 Å². The van der Waals surface area contributed by atoms with Gasteiger partial charge in [-0.05, 0) is 31.2 Å². The number of hydrogen-bond donors (Lipinski definition) is 1. The molecule has 1 aromatic heterocycles. The van der Waals surface area contributed by atoms with Crippen molar-refractivity contribution in [2.45, 2.75) is 58.8 Å². The Morgan fingerprint density at radius 2 is 1.86 bits per heavy atom. The number of nitrogens with zero attached hydrogens (tertiary/aromatic N) is 3. The summed E-state index contributed by atoms with van der Waals surface area (Å²) in [6.45, 7) is 8.96. The van der Waals surface area contributed by atoms with Gasteiger partial charge in [0, 0.05) is 43.1 Å². The van der Waals surface area contributed by atoms with E-state index in [2.05, 4.69) is 10.3 Å². The zero-order valence-corrected chi connectivity index (χ0v) is 20.9. The van der Waals surface area contributed by atoms with Crippen LogP contribution in [-0.2, 0) is 20.9 Å². The molecule has 1 N–H and O–H groups in total. The molecule has 186 valence electrons. The maximum absolute atomic E-state index is 13.8. The van der Waals surface area contributed by atoms with Gasteiger partial charge in [0.05, 0.1) is 18.8 Å². The number of aromatic nitrogens is 1. The Kier molecular flexibility index (Phi) is 6.94. The summed E-state index contributed by atoms with van der Waals surface area (Å²) in [4.78, 5) is 47.6. The number of rotatable bonds is 4. The Labute approximate surface area is 206 Å². The number of amides is 3. The minimum absolute atomic E-state index is 0.0755. The Morgan fingerprint density at radius 1 is 1.11 bits per heavy atom. The molecule has 2 aromatic rings. The summed E-state index contributed by atoms with van der Waals surface area (Å²) in [5.41, 5.74) is 0.812. The van der Waals surface area contributed by atoms with Gasteiger partial charge >= 0.3 is 0 Å². The summed E-state index contributed by atoms with van der Waals surface area (Å²) in [6.07, 6.45) is 2.59. The molecule has 8 heteroatoms. The van der Waals surface area contributed by atoms with E-state index in [1.165, 1.54) is 0 Å². The highest BCUT2D eigenvalue weighted by molar-refractivity contribution is 5.98. The minimum Gasteiger partial charge on any atom is -0.353 e. The molecule has 0 unspecified atom stereocenters. The molecule has 1 spiro atoms. The lowest BCUT2D eigenvalue weighted by Gasteiger charge is -2.45. The van der Waals surface area contributed by atoms with Crippen molar-refractivity contribution in [3.63, 3.8) is 0 Å². The average Bonchev–Trinajstić information content (AvgIpc) is 3.20. The molecule has 3 amide bonds. The van der Waals surface area contributed by atoms with Crippen molar-refractivity contribution in [1.82, 2.24) is 20.1 Å². The van der Waals surface area contributed by atoms with Crippen LogP contribution in [0.1, 0.15) is 55.2 Å². The van der Waals surface area contributed by atoms with Crippen LogP contribution in [0.4, 0.5) is 0 Å². The summed E-state index contributed by atoms with van der Waals surface area (Å²) in [6, 6.07) is 12.1. The van der Waals surface area contributed by atoms with Gasteiger partial charge in [-0.3, -0.25) is 24.3 Å². The highest BCUT2D eigenvalue weighted by atomic mass is 16.5. The summed E-state index contributed by atoms with van der Waals surface area (Å²) in [5, 5.41) is 2.92. The first-order chi connectivity index (χ1) is 16.6. The van der Waals surface area contributed by atoms with Crippen LogP contribution in [0.25, 0.3) is 0 Å². The lowest BCUT2D eigenvalue weighted by molar-refractivity contribution is -0.150. The van der Waals surface area contributed by atoms with Crippen molar-refractivity contribution in [2.75, 3.05) is 19.7 Å². The van der Waals surface area contributed by atoms with Gasteiger partial charge in [0.1, 0.15) is 11.8 Å². The molecule has 1 atom stereocenters. The third kappa shape index (κ3) is 5.22. The number of benzene rings is 1. The fraction of sp³-hybridized carbons (Fsp3) is 0.481. The van der Waals surface area contributed by atoms with Crippen molar-refractivity contribution >= 4 is 17.7 Å². The molecule has 2 saturated heterocycles. The van der Waals surface area contributed by atoms with Crippen LogP contribution in [0.5, 0.6) is 0 Å². The van der Waals surface area contributed by atoms with Crippen LogP contribution in [0.2, 0.25) is 0 Å². The first kappa shape index (κ1) is 24.9. The molecule has 2 aliphatic rings. The number of piperidine rings is 1. The second-order valence-corrected chi connectivity index (χ2v) is 10.4. The van der Waals surface area contributed by atoms with Crippen molar-refractivity contribution in [2.24, 2.45) is 5.41 Å². The van der Waals surface area contributed by atoms with Gasteiger partial charge in [-0.25, -0.2) is 0 Å². The molecule has 2 fully saturated rings. The number of aryl methyl sites for hydroxylation is 1. The van der Waals surface area contributed by atoms with Crippen molar-refractivity contribution < 1.29 is 19.1 Å². The van der Waals surface area contributed by atoms with Gasteiger partial charge in [0.15, 0.2) is 0 Å². The predicted octanol–water partition coefficient (Wildman–Crippen LogP) is 2.91. The van der Waals surface area contributed by atoms with E-state index in [9.17, 15) is 14.4 Å². The highest BCUT2D eigenvalue weighted by Gasteiger charge is 2.54. The van der Waals surface area contributed by atoms with Gasteiger partial charge < -0.3 is 15.0 Å². The van der Waals surface area contributed by atoms with Crippen LogP contribution in [0.3, 0.4) is 0 Å². The van der Waals surface area contributed by atoms with Gasteiger partial charge in [0.2, 0.25) is 11.8 Å². The first-order valence-electron chi connectivity index (χ1n) is 12.1. The maximum atomic E-state index is 13.8. The van der Waals surface area contributed by atoms with Crippen LogP contribution in [0.15, 0.2) is 48.7 Å². The maximum Gasteiger partial charge on any atom is 0.256 e. The summed E-state index contributed by atoms with van der Waals surface area (Å²) in [7, 11) is 0. The van der Waals surface area contributed by atoms with Crippen LogP contribution in [-0.4, -0.2) is 64.0 Å². The van der Waals surface area contributed by atoms with Crippen molar-refractivity contribution in [1.29, 1.82) is 0 Å². The van der Waals surface area contributed by atoms with E-state index in [4.69, 9.17) is 4.74 Å². The van der Waals surface area contributed by atoms with E-state index in [-0.39, 0.29) is 30.9 Å². The molecule has 1 aromatic carbocycles. The summed E-state index contributed by atoms with van der Waals surface area (Å²) in [5.74, 6) is -0.437. The molecule has 8 nitrogen and oxygen atoms in total. The first-order valence-corrected chi connectivity index (χ1v) is 12.1. The summed E-state index contributed by atoms with van der Waals surface area (Å²) < 4.78 is 6.26. The van der Waals surface area contributed by atoms with Gasteiger partial charge in [-0.1, -0.05) is 44.5 Å². The van der Waals surface area contributed by atoms with Crippen molar-refractivity contribution in [3.8, 4) is 0 Å². The standard InChI is InChI=1S/C27H34N4O4/c1-19-8-7-9-20(16-19)24(33)31-22(23(32)29-17-21-10-5-6-13-28-21)18-35-27(31)11-14-30(15-12-27)25(34)26(2,3)4/h5-10,13,16,22H,11-12,14-15,17-18H2,1-4H3,(H,29,32)/t22-/m1/s1. The zero-order chi connectivity index (χ0) is 25.2. The third-order valence-corrected chi connectivity index (χ3v) is 6.69. The van der Waals surface area contributed by atoms with Gasteiger partial charge in [0.25, 0.3) is 5.91 Å². The van der Waals surface area contributed by atoms with E-state index >= 15 is 0 Å². The normalized spacial score (nSPS) is 19.6. The molecule has 4 rings (SSSR count). The average molecular weight is 479 g/mol. The number of nitrogens with one attached hydrogen (secondary N) is 1. The molecule has 0 saturated carbocycles. The Morgan fingerprint density at radius 3 is 2.49 bits per heavy atom. The number of carbonyl (C=O) groups is 3. The third-order valence-electron chi connectivity index (χ3n) is 6.69. The van der Waals surface area contributed by atoms with E-state index in [0.717, 1.165) is 11.3 Å². The largest absolute Gasteiger partial charge is 0.353 e. The second kappa shape index (κ2) is 9.77. The SMILES string of the molecule is Cc1cccc(C(=O)N2[C@@H](C(=O)NCc3ccccn3)COC23CCN(C(=O)C(C)(C)C)CC3)c1. The quantitative estimate of drug-likeness (QED) is 0.730. The van der Waals surface area contributed by atoms with E-state index in [0.29, 0.717) is 31.5 Å². The number of likely N-dealkylation sites (tertiary alicyclic amines) is 1. The molecule has 35 heavy (non-hydrogen) atoms. The van der Waals surface area contributed by atoms with E-state index in [1.54, 1.807) is 17.2 Å². The monoisotopic (exact) mass is 478 g/mol. The molecular weight excluding hydrogens is 444 g/mol. The van der Waals surface area contributed by atoms with E-state index < -0.39 is 17.2 Å². The molecule has 0 bridgehead atoms. The fourth-order valence-corrected chi connectivity index (χ4v) is 4.82. The smallest absolute Gasteiger partial charge is 0.256 e. The van der Waals surface area contributed by atoms with Crippen molar-refractivity contribution in [3.05, 3.63) is 65.5 Å². The predicted molar refractivity (Wildman–Crippen MR) is 131 cm³/mol. The Bertz CT molecular complexity index is 1090. The van der Waals surface area contributed by atoms with Crippen LogP contribution < -0.4 is 5.32 Å².